The molecule has 1 atom stereocenters. The van der Waals surface area contributed by atoms with Crippen molar-refractivity contribution in [3.05, 3.63) is 23.8 Å². The Morgan fingerprint density at radius 3 is 2.67 bits per heavy atom. The van der Waals surface area contributed by atoms with Crippen molar-refractivity contribution in [2.45, 2.75) is 50.8 Å². The van der Waals surface area contributed by atoms with Crippen LogP contribution in [0.25, 0.3) is 0 Å². The van der Waals surface area contributed by atoms with E-state index < -0.39 is 0 Å². The number of hydrogen-bond acceptors (Lipinski definition) is 5. The molecule has 1 saturated carbocycles. The molecule has 166 valence electrons. The molecular formula is C23H36N4O3. The van der Waals surface area contributed by atoms with Crippen LogP contribution in [0.5, 0.6) is 11.5 Å². The molecule has 1 aromatic carbocycles. The molecule has 1 N–H and O–H groups in total. The van der Waals surface area contributed by atoms with Crippen molar-refractivity contribution in [3.63, 3.8) is 0 Å². The topological polar surface area (TPSA) is 58.6 Å². The first kappa shape index (κ1) is 21.2. The monoisotopic (exact) mass is 416 g/mol. The van der Waals surface area contributed by atoms with Crippen LogP contribution in [-0.2, 0) is 11.3 Å². The Hall–Kier alpha value is -1.99. The van der Waals surface area contributed by atoms with Gasteiger partial charge in [-0.05, 0) is 49.8 Å². The van der Waals surface area contributed by atoms with E-state index in [4.69, 9.17) is 14.2 Å². The average molecular weight is 417 g/mol. The van der Waals surface area contributed by atoms with E-state index in [0.29, 0.717) is 12.1 Å². The smallest absolute Gasteiger partial charge is 0.193 e. The minimum Gasteiger partial charge on any atom is -0.493 e. The molecule has 0 amide bonds. The molecule has 1 aliphatic carbocycles. The molecule has 0 spiro atoms. The molecule has 1 aromatic rings. The number of guanidine groups is 1. The maximum Gasteiger partial charge on any atom is 0.193 e. The highest BCUT2D eigenvalue weighted by Crippen LogP contribution is 2.32. The highest BCUT2D eigenvalue weighted by molar-refractivity contribution is 5.80. The van der Waals surface area contributed by atoms with Gasteiger partial charge in [0.05, 0.1) is 26.4 Å². The van der Waals surface area contributed by atoms with Gasteiger partial charge in [0, 0.05) is 45.8 Å². The fourth-order valence-corrected chi connectivity index (χ4v) is 4.80. The number of ether oxygens (including phenoxy) is 3. The lowest BCUT2D eigenvalue weighted by Crippen LogP contribution is -2.46. The number of rotatable bonds is 6. The fraction of sp³-hybridized carbons (Fsp3) is 0.696. The summed E-state index contributed by atoms with van der Waals surface area (Å²) < 4.78 is 17.3. The van der Waals surface area contributed by atoms with Gasteiger partial charge in [0.25, 0.3) is 0 Å². The summed E-state index contributed by atoms with van der Waals surface area (Å²) >= 11 is 0. The van der Waals surface area contributed by atoms with E-state index in [0.717, 1.165) is 76.2 Å². The first-order valence-electron chi connectivity index (χ1n) is 11.4. The van der Waals surface area contributed by atoms with E-state index in [-0.39, 0.29) is 0 Å². The molecule has 30 heavy (non-hydrogen) atoms. The molecular weight excluding hydrogens is 380 g/mol. The van der Waals surface area contributed by atoms with Crippen LogP contribution in [0.15, 0.2) is 23.2 Å². The van der Waals surface area contributed by atoms with Gasteiger partial charge in [0.1, 0.15) is 0 Å². The summed E-state index contributed by atoms with van der Waals surface area (Å²) in [4.78, 5) is 9.47. The first-order chi connectivity index (χ1) is 14.8. The molecule has 0 bridgehead atoms. The SMILES string of the molecule is CN=C(NCc1ccc(OC)c(OC2CCCC2)c1)N1CCC(N2CCOCC2)C1. The lowest BCUT2D eigenvalue weighted by molar-refractivity contribution is 0.0195. The lowest BCUT2D eigenvalue weighted by atomic mass is 10.2. The molecule has 3 aliphatic rings. The van der Waals surface area contributed by atoms with E-state index >= 15 is 0 Å². The van der Waals surface area contributed by atoms with Crippen molar-refractivity contribution in [2.75, 3.05) is 53.6 Å². The third-order valence-electron chi connectivity index (χ3n) is 6.51. The van der Waals surface area contributed by atoms with E-state index in [1.807, 2.05) is 13.1 Å². The van der Waals surface area contributed by atoms with Gasteiger partial charge in [-0.1, -0.05) is 6.07 Å². The Morgan fingerprint density at radius 1 is 1.13 bits per heavy atom. The summed E-state index contributed by atoms with van der Waals surface area (Å²) in [6.07, 6.45) is 6.28. The van der Waals surface area contributed by atoms with Crippen LogP contribution in [0.2, 0.25) is 0 Å². The van der Waals surface area contributed by atoms with Crippen molar-refractivity contribution in [1.82, 2.24) is 15.1 Å². The summed E-state index contributed by atoms with van der Waals surface area (Å²) in [6, 6.07) is 6.81. The summed E-state index contributed by atoms with van der Waals surface area (Å²) in [6.45, 7) is 6.58. The quantitative estimate of drug-likeness (QED) is 0.568. The number of methoxy groups -OCH3 is 1. The Bertz CT molecular complexity index is 714. The van der Waals surface area contributed by atoms with Crippen molar-refractivity contribution in [2.24, 2.45) is 4.99 Å². The standard InChI is InChI=1S/C23H36N4O3/c1-24-23(27-10-9-19(17-27)26-11-13-29-14-12-26)25-16-18-7-8-21(28-2)22(15-18)30-20-5-3-4-6-20/h7-8,15,19-20H,3-6,9-14,16-17H2,1-2H3,(H,24,25). The number of likely N-dealkylation sites (tertiary alicyclic amines) is 1. The summed E-state index contributed by atoms with van der Waals surface area (Å²) in [5.41, 5.74) is 1.17. The second-order valence-electron chi connectivity index (χ2n) is 8.45. The average Bonchev–Trinajstić information content (AvgIpc) is 3.48. The van der Waals surface area contributed by atoms with Gasteiger partial charge in [0.2, 0.25) is 0 Å². The maximum atomic E-state index is 6.24. The van der Waals surface area contributed by atoms with Gasteiger partial charge in [0.15, 0.2) is 17.5 Å². The van der Waals surface area contributed by atoms with E-state index in [1.165, 1.54) is 24.8 Å². The molecule has 2 heterocycles. The molecule has 2 aliphatic heterocycles. The second kappa shape index (κ2) is 10.4. The van der Waals surface area contributed by atoms with Crippen LogP contribution in [0, 0.1) is 0 Å². The van der Waals surface area contributed by atoms with Crippen molar-refractivity contribution in [1.29, 1.82) is 0 Å². The number of morpholine rings is 1. The third kappa shape index (κ3) is 5.19. The second-order valence-corrected chi connectivity index (χ2v) is 8.45. The highest BCUT2D eigenvalue weighted by Gasteiger charge is 2.30. The summed E-state index contributed by atoms with van der Waals surface area (Å²) in [5.74, 6) is 2.63. The van der Waals surface area contributed by atoms with Crippen LogP contribution >= 0.6 is 0 Å². The predicted octanol–water partition coefficient (Wildman–Crippen LogP) is 2.50. The Balaban J connectivity index is 1.33. The Morgan fingerprint density at radius 2 is 1.93 bits per heavy atom. The van der Waals surface area contributed by atoms with E-state index in [9.17, 15) is 0 Å². The van der Waals surface area contributed by atoms with Crippen LogP contribution in [0.3, 0.4) is 0 Å². The van der Waals surface area contributed by atoms with Crippen LogP contribution < -0.4 is 14.8 Å². The number of nitrogens with zero attached hydrogens (tertiary/aromatic N) is 3. The molecule has 7 heteroatoms. The third-order valence-corrected chi connectivity index (χ3v) is 6.51. The van der Waals surface area contributed by atoms with Crippen molar-refractivity contribution in [3.8, 4) is 11.5 Å². The number of benzene rings is 1. The zero-order valence-electron chi connectivity index (χ0n) is 18.4. The first-order valence-corrected chi connectivity index (χ1v) is 11.4. The minimum atomic E-state index is 0.316. The van der Waals surface area contributed by atoms with E-state index in [1.54, 1.807) is 7.11 Å². The molecule has 1 unspecified atom stereocenters. The molecule has 2 saturated heterocycles. The zero-order chi connectivity index (χ0) is 20.8. The molecule has 4 rings (SSSR count). The largest absolute Gasteiger partial charge is 0.493 e. The normalized spacial score (nSPS) is 23.7. The van der Waals surface area contributed by atoms with Gasteiger partial charge in [-0.2, -0.15) is 0 Å². The Labute approximate surface area is 180 Å². The van der Waals surface area contributed by atoms with Gasteiger partial charge in [-0.3, -0.25) is 9.89 Å². The molecule has 0 radical (unpaired) electrons. The van der Waals surface area contributed by atoms with Gasteiger partial charge in [-0.15, -0.1) is 0 Å². The molecule has 0 aromatic heterocycles. The number of aliphatic imine (C=N–C) groups is 1. The number of hydrogen-bond donors (Lipinski definition) is 1. The minimum absolute atomic E-state index is 0.316. The van der Waals surface area contributed by atoms with Crippen LogP contribution in [-0.4, -0.2) is 81.5 Å². The van der Waals surface area contributed by atoms with Crippen LogP contribution in [0.4, 0.5) is 0 Å². The summed E-state index contributed by atoms with van der Waals surface area (Å²) in [5, 5.41) is 3.55. The van der Waals surface area contributed by atoms with Crippen molar-refractivity contribution < 1.29 is 14.2 Å². The van der Waals surface area contributed by atoms with Gasteiger partial charge in [-0.25, -0.2) is 0 Å². The molecule has 7 nitrogen and oxygen atoms in total. The maximum absolute atomic E-state index is 6.24. The highest BCUT2D eigenvalue weighted by atomic mass is 16.5. The lowest BCUT2D eigenvalue weighted by Gasteiger charge is -2.32. The zero-order valence-corrected chi connectivity index (χ0v) is 18.4. The predicted molar refractivity (Wildman–Crippen MR) is 118 cm³/mol. The number of nitrogens with one attached hydrogen (secondary N) is 1. The van der Waals surface area contributed by atoms with Gasteiger partial charge < -0.3 is 24.4 Å². The fourth-order valence-electron chi connectivity index (χ4n) is 4.80. The van der Waals surface area contributed by atoms with E-state index in [2.05, 4.69) is 32.2 Å². The van der Waals surface area contributed by atoms with Crippen molar-refractivity contribution >= 4 is 5.96 Å². The molecule has 3 fully saturated rings. The van der Waals surface area contributed by atoms with Crippen LogP contribution in [0.1, 0.15) is 37.7 Å². The Kier molecular flexibility index (Phi) is 7.33. The van der Waals surface area contributed by atoms with Gasteiger partial charge >= 0.3 is 0 Å². The summed E-state index contributed by atoms with van der Waals surface area (Å²) in [7, 11) is 3.57.